The molecule has 0 spiro atoms. The molecule has 2 N–H and O–H groups in total. The lowest BCUT2D eigenvalue weighted by molar-refractivity contribution is 0.287. The zero-order valence-corrected chi connectivity index (χ0v) is 21.1. The highest BCUT2D eigenvalue weighted by atomic mass is 127. The SMILES string of the molecule is CCOc1ccc(C(C)NC(=NC)NCc2csc(N(C)C)n2)cc1OCC.I. The minimum absolute atomic E-state index is 0. The number of thiazole rings is 1. The average molecular weight is 533 g/mol. The first-order valence-electron chi connectivity index (χ1n) is 9.46. The van der Waals surface area contributed by atoms with Gasteiger partial charge in [-0.25, -0.2) is 4.98 Å². The Morgan fingerprint density at radius 2 is 1.90 bits per heavy atom. The minimum Gasteiger partial charge on any atom is -0.490 e. The second-order valence-corrected chi connectivity index (χ2v) is 7.22. The first-order valence-corrected chi connectivity index (χ1v) is 10.3. The summed E-state index contributed by atoms with van der Waals surface area (Å²) in [5, 5.41) is 9.78. The third-order valence-corrected chi connectivity index (χ3v) is 5.06. The van der Waals surface area contributed by atoms with E-state index in [-0.39, 0.29) is 30.0 Å². The van der Waals surface area contributed by atoms with Gasteiger partial charge < -0.3 is 25.0 Å². The number of ether oxygens (including phenoxy) is 2. The Morgan fingerprint density at radius 1 is 1.21 bits per heavy atom. The van der Waals surface area contributed by atoms with Crippen LogP contribution >= 0.6 is 35.3 Å². The number of halogens is 1. The lowest BCUT2D eigenvalue weighted by atomic mass is 10.1. The van der Waals surface area contributed by atoms with E-state index in [0.717, 1.165) is 33.8 Å². The van der Waals surface area contributed by atoms with E-state index in [2.05, 4.69) is 32.9 Å². The number of hydrogen-bond donors (Lipinski definition) is 2. The van der Waals surface area contributed by atoms with E-state index in [0.29, 0.717) is 19.8 Å². The average Bonchev–Trinajstić information content (AvgIpc) is 3.16. The molecule has 0 aliphatic rings. The number of rotatable bonds is 9. The summed E-state index contributed by atoms with van der Waals surface area (Å²) in [7, 11) is 5.75. The van der Waals surface area contributed by atoms with Gasteiger partial charge in [0.25, 0.3) is 0 Å². The van der Waals surface area contributed by atoms with Crippen LogP contribution in [0.5, 0.6) is 11.5 Å². The molecule has 162 valence electrons. The Balaban J connectivity index is 0.00000420. The maximum Gasteiger partial charge on any atom is 0.191 e. The summed E-state index contributed by atoms with van der Waals surface area (Å²) in [6, 6.07) is 6.07. The van der Waals surface area contributed by atoms with Crippen LogP contribution in [0, 0.1) is 0 Å². The van der Waals surface area contributed by atoms with Crippen molar-refractivity contribution in [3.63, 3.8) is 0 Å². The van der Waals surface area contributed by atoms with Gasteiger partial charge in [-0.2, -0.15) is 0 Å². The van der Waals surface area contributed by atoms with Crippen molar-refractivity contribution in [2.75, 3.05) is 39.3 Å². The van der Waals surface area contributed by atoms with Crippen LogP contribution in [0.2, 0.25) is 0 Å². The number of anilines is 1. The number of aromatic nitrogens is 1. The molecule has 0 bridgehead atoms. The largest absolute Gasteiger partial charge is 0.490 e. The molecule has 1 unspecified atom stereocenters. The first kappa shape index (κ1) is 25.3. The Bertz CT molecular complexity index is 782. The molecule has 7 nitrogen and oxygen atoms in total. The number of benzene rings is 1. The van der Waals surface area contributed by atoms with Gasteiger partial charge in [0.05, 0.1) is 31.5 Å². The van der Waals surface area contributed by atoms with E-state index in [4.69, 9.17) is 9.47 Å². The lowest BCUT2D eigenvalue weighted by Crippen LogP contribution is -2.38. The summed E-state index contributed by atoms with van der Waals surface area (Å²) in [5.74, 6) is 2.25. The van der Waals surface area contributed by atoms with Crippen LogP contribution in [-0.2, 0) is 6.54 Å². The predicted octanol–water partition coefficient (Wildman–Crippen LogP) is 4.05. The predicted molar refractivity (Wildman–Crippen MR) is 132 cm³/mol. The highest BCUT2D eigenvalue weighted by molar-refractivity contribution is 14.0. The van der Waals surface area contributed by atoms with Crippen molar-refractivity contribution in [1.29, 1.82) is 0 Å². The molecule has 1 aromatic carbocycles. The Kier molecular flexibility index (Phi) is 11.1. The molecule has 2 rings (SSSR count). The molecule has 29 heavy (non-hydrogen) atoms. The van der Waals surface area contributed by atoms with Crippen LogP contribution < -0.4 is 25.0 Å². The first-order chi connectivity index (χ1) is 13.5. The summed E-state index contributed by atoms with van der Waals surface area (Å²) in [4.78, 5) is 10.9. The standard InChI is InChI=1S/C20H31N5O2S.HI/c1-7-26-17-10-9-15(11-18(17)27-8-2)14(3)23-19(21-4)22-12-16-13-28-20(24-16)25(5)6;/h9-11,13-14H,7-8,12H2,1-6H3,(H2,21,22,23);1H. The third-order valence-electron chi connectivity index (χ3n) is 4.00. The molecule has 1 aromatic heterocycles. The number of aliphatic imine (C=N–C) groups is 1. The van der Waals surface area contributed by atoms with Crippen molar-refractivity contribution in [1.82, 2.24) is 15.6 Å². The molecule has 0 aliphatic heterocycles. The van der Waals surface area contributed by atoms with Crippen LogP contribution in [0.3, 0.4) is 0 Å². The second-order valence-electron chi connectivity index (χ2n) is 6.38. The van der Waals surface area contributed by atoms with E-state index in [1.165, 1.54) is 0 Å². The fourth-order valence-corrected chi connectivity index (χ4v) is 3.34. The molecule has 2 aromatic rings. The Labute approximate surface area is 194 Å². The van der Waals surface area contributed by atoms with E-state index >= 15 is 0 Å². The topological polar surface area (TPSA) is 71.0 Å². The fraction of sp³-hybridized carbons (Fsp3) is 0.500. The van der Waals surface area contributed by atoms with Gasteiger partial charge in [-0.15, -0.1) is 35.3 Å². The van der Waals surface area contributed by atoms with Gasteiger partial charge in [0, 0.05) is 26.5 Å². The van der Waals surface area contributed by atoms with E-state index in [1.807, 2.05) is 51.0 Å². The summed E-state index contributed by atoms with van der Waals surface area (Å²) < 4.78 is 11.4. The molecular weight excluding hydrogens is 501 g/mol. The highest BCUT2D eigenvalue weighted by Gasteiger charge is 2.13. The smallest absolute Gasteiger partial charge is 0.191 e. The highest BCUT2D eigenvalue weighted by Crippen LogP contribution is 2.30. The van der Waals surface area contributed by atoms with Crippen LogP contribution in [0.15, 0.2) is 28.6 Å². The van der Waals surface area contributed by atoms with Gasteiger partial charge >= 0.3 is 0 Å². The lowest BCUT2D eigenvalue weighted by Gasteiger charge is -2.20. The summed E-state index contributed by atoms with van der Waals surface area (Å²) in [6.45, 7) is 7.84. The summed E-state index contributed by atoms with van der Waals surface area (Å²) in [5.41, 5.74) is 2.09. The number of guanidine groups is 1. The molecule has 1 atom stereocenters. The molecule has 1 heterocycles. The van der Waals surface area contributed by atoms with Crippen molar-refractivity contribution in [3.8, 4) is 11.5 Å². The van der Waals surface area contributed by atoms with Gasteiger partial charge in [0.1, 0.15) is 0 Å². The fourth-order valence-electron chi connectivity index (χ4n) is 2.58. The monoisotopic (exact) mass is 533 g/mol. The van der Waals surface area contributed by atoms with Crippen molar-refractivity contribution < 1.29 is 9.47 Å². The summed E-state index contributed by atoms with van der Waals surface area (Å²) >= 11 is 1.63. The molecule has 9 heteroatoms. The molecule has 0 amide bonds. The third kappa shape index (κ3) is 7.54. The van der Waals surface area contributed by atoms with Gasteiger partial charge in [-0.05, 0) is 38.5 Å². The van der Waals surface area contributed by atoms with E-state index in [1.54, 1.807) is 18.4 Å². The zero-order chi connectivity index (χ0) is 20.5. The normalized spacial score (nSPS) is 12.0. The molecule has 0 fully saturated rings. The van der Waals surface area contributed by atoms with Crippen LogP contribution in [-0.4, -0.2) is 45.3 Å². The molecule has 0 saturated heterocycles. The van der Waals surface area contributed by atoms with Crippen LogP contribution in [0.1, 0.15) is 38.1 Å². The van der Waals surface area contributed by atoms with Crippen molar-refractivity contribution in [3.05, 3.63) is 34.8 Å². The van der Waals surface area contributed by atoms with E-state index in [9.17, 15) is 0 Å². The molecular formula is C20H32IN5O2S. The van der Waals surface area contributed by atoms with Crippen LogP contribution in [0.4, 0.5) is 5.13 Å². The number of hydrogen-bond acceptors (Lipinski definition) is 6. The van der Waals surface area contributed by atoms with Crippen molar-refractivity contribution in [2.45, 2.75) is 33.4 Å². The second kappa shape index (κ2) is 12.7. The van der Waals surface area contributed by atoms with Crippen LogP contribution in [0.25, 0.3) is 0 Å². The quantitative estimate of drug-likeness (QED) is 0.288. The molecule has 0 saturated carbocycles. The van der Waals surface area contributed by atoms with Gasteiger partial charge in [0.15, 0.2) is 22.6 Å². The Morgan fingerprint density at radius 3 is 2.48 bits per heavy atom. The molecule has 0 radical (unpaired) electrons. The maximum atomic E-state index is 5.73. The zero-order valence-electron chi connectivity index (χ0n) is 18.0. The molecule has 0 aliphatic carbocycles. The Hall–Kier alpha value is -1.75. The summed E-state index contributed by atoms with van der Waals surface area (Å²) in [6.07, 6.45) is 0. The van der Waals surface area contributed by atoms with Gasteiger partial charge in [0.2, 0.25) is 0 Å². The van der Waals surface area contributed by atoms with Crippen molar-refractivity contribution >= 4 is 46.4 Å². The van der Waals surface area contributed by atoms with Gasteiger partial charge in [-0.1, -0.05) is 6.07 Å². The minimum atomic E-state index is 0. The number of nitrogens with one attached hydrogen (secondary N) is 2. The maximum absolute atomic E-state index is 5.73. The van der Waals surface area contributed by atoms with Crippen molar-refractivity contribution in [2.24, 2.45) is 4.99 Å². The van der Waals surface area contributed by atoms with Gasteiger partial charge in [-0.3, -0.25) is 4.99 Å². The number of nitrogens with zero attached hydrogens (tertiary/aromatic N) is 3. The van der Waals surface area contributed by atoms with E-state index < -0.39 is 0 Å².